The molecule has 0 aliphatic heterocycles. The van der Waals surface area contributed by atoms with E-state index in [9.17, 15) is 30.0 Å². The summed E-state index contributed by atoms with van der Waals surface area (Å²) in [5.74, 6) is -7.11. The fraction of sp³-hybridized carbons (Fsp3) is 0.385. The van der Waals surface area contributed by atoms with Crippen molar-refractivity contribution in [1.29, 1.82) is 0 Å². The summed E-state index contributed by atoms with van der Waals surface area (Å²) in [6, 6.07) is 2.33. The average molecular weight is 426 g/mol. The molecule has 5 N–H and O–H groups in total. The maximum Gasteiger partial charge on any atom is 0.414 e. The lowest BCUT2D eigenvalue weighted by atomic mass is 10.0. The lowest BCUT2D eigenvalue weighted by Gasteiger charge is -2.35. The lowest BCUT2D eigenvalue weighted by molar-refractivity contribution is -0.375. The number of benzene rings is 1. The van der Waals surface area contributed by atoms with Crippen molar-refractivity contribution in [2.24, 2.45) is 0 Å². The Balaban J connectivity index is 3.16. The second kappa shape index (κ2) is 8.31. The first kappa shape index (κ1) is 20.9. The Morgan fingerprint density at radius 1 is 1.20 bits per heavy atom. The summed E-state index contributed by atoms with van der Waals surface area (Å²) in [5, 5.41) is 41.6. The number of carbonyl (C=O) groups excluding carboxylic acids is 2. The fourth-order valence-corrected chi connectivity index (χ4v) is 2.19. The molecule has 0 atom stereocenters. The molecular formula is C13H16BrNO10. The van der Waals surface area contributed by atoms with Crippen molar-refractivity contribution >= 4 is 28.5 Å². The molecule has 0 radical (unpaired) electrons. The van der Waals surface area contributed by atoms with E-state index in [1.807, 2.05) is 0 Å². The van der Waals surface area contributed by atoms with Crippen LogP contribution in [0.4, 0.5) is 4.79 Å². The quantitative estimate of drug-likeness (QED) is 0.200. The summed E-state index contributed by atoms with van der Waals surface area (Å²) in [4.78, 5) is 21.3. The van der Waals surface area contributed by atoms with Gasteiger partial charge in [0.1, 0.15) is 11.5 Å². The van der Waals surface area contributed by atoms with Crippen LogP contribution in [0.15, 0.2) is 16.6 Å². The molecule has 25 heavy (non-hydrogen) atoms. The number of aliphatic hydroxyl groups is 4. The Bertz CT molecular complexity index is 633. The van der Waals surface area contributed by atoms with Gasteiger partial charge in [-0.15, -0.1) is 0 Å². The molecular weight excluding hydrogens is 410 g/mol. The van der Waals surface area contributed by atoms with Gasteiger partial charge < -0.3 is 39.4 Å². The topological polar surface area (TPSA) is 164 Å². The van der Waals surface area contributed by atoms with Gasteiger partial charge in [-0.1, -0.05) is 0 Å². The fourth-order valence-electron chi connectivity index (χ4n) is 1.70. The van der Waals surface area contributed by atoms with Crippen molar-refractivity contribution in [3.63, 3.8) is 0 Å². The Labute approximate surface area is 149 Å². The molecule has 0 spiro atoms. The van der Waals surface area contributed by atoms with Gasteiger partial charge in [-0.05, 0) is 28.1 Å². The van der Waals surface area contributed by atoms with Crippen molar-refractivity contribution in [3.8, 4) is 11.5 Å². The average Bonchev–Trinajstić information content (AvgIpc) is 2.53. The van der Waals surface area contributed by atoms with Gasteiger partial charge in [-0.3, -0.25) is 10.1 Å². The van der Waals surface area contributed by atoms with Crippen molar-refractivity contribution in [2.45, 2.75) is 11.7 Å². The van der Waals surface area contributed by atoms with E-state index in [-0.39, 0.29) is 18.0 Å². The van der Waals surface area contributed by atoms with E-state index in [1.165, 1.54) is 25.6 Å². The third-order valence-corrected chi connectivity index (χ3v) is 3.56. The van der Waals surface area contributed by atoms with E-state index in [0.717, 1.165) is 6.07 Å². The van der Waals surface area contributed by atoms with Crippen LogP contribution in [0.1, 0.15) is 5.56 Å². The van der Waals surface area contributed by atoms with Crippen LogP contribution in [-0.4, -0.2) is 59.9 Å². The highest BCUT2D eigenvalue weighted by atomic mass is 79.9. The first-order valence-corrected chi connectivity index (χ1v) is 7.21. The van der Waals surface area contributed by atoms with E-state index < -0.39 is 30.1 Å². The number of hydrogen-bond acceptors (Lipinski definition) is 10. The van der Waals surface area contributed by atoms with Gasteiger partial charge in [-0.25, -0.2) is 4.79 Å². The molecule has 11 nitrogen and oxygen atoms in total. The van der Waals surface area contributed by atoms with E-state index in [0.29, 0.717) is 4.47 Å². The monoisotopic (exact) mass is 425 g/mol. The van der Waals surface area contributed by atoms with Gasteiger partial charge >= 0.3 is 12.0 Å². The van der Waals surface area contributed by atoms with Crippen LogP contribution >= 0.6 is 15.9 Å². The molecule has 1 amide bonds. The predicted molar refractivity (Wildman–Crippen MR) is 82.2 cm³/mol. The minimum atomic E-state index is -3.61. The summed E-state index contributed by atoms with van der Waals surface area (Å²) in [6.07, 6.45) is -1.51. The highest BCUT2D eigenvalue weighted by molar-refractivity contribution is 9.10. The van der Waals surface area contributed by atoms with Crippen LogP contribution in [-0.2, 0) is 20.1 Å². The maximum atomic E-state index is 11.4. The number of halogens is 1. The van der Waals surface area contributed by atoms with Crippen LogP contribution in [0.3, 0.4) is 0 Å². The maximum absolute atomic E-state index is 11.4. The molecule has 0 unspecified atom stereocenters. The number of methoxy groups -OCH3 is 2. The van der Waals surface area contributed by atoms with Gasteiger partial charge in [0.05, 0.1) is 24.3 Å². The molecule has 1 rings (SSSR count). The standard InChI is InChI=1S/C13H16BrNO10/c1-22-9-4-8(14)10(23-2)3-7(9)12(18,19)13(20,21)15-11(17)25-6-24-5-16/h3-5,18-21H,6H2,1-2H3,(H,15,17). The predicted octanol–water partition coefficient (Wildman–Crippen LogP) is -0.901. The van der Waals surface area contributed by atoms with Crippen molar-refractivity contribution < 1.29 is 49.0 Å². The summed E-state index contributed by atoms with van der Waals surface area (Å²) < 4.78 is 18.7. The Morgan fingerprint density at radius 2 is 1.80 bits per heavy atom. The van der Waals surface area contributed by atoms with E-state index in [1.54, 1.807) is 0 Å². The number of carbonyl (C=O) groups is 2. The van der Waals surface area contributed by atoms with Gasteiger partial charge in [0.25, 0.3) is 12.3 Å². The van der Waals surface area contributed by atoms with Crippen LogP contribution in [0.25, 0.3) is 0 Å². The van der Waals surface area contributed by atoms with E-state index in [4.69, 9.17) is 9.47 Å². The normalized spacial score (nSPS) is 11.5. The largest absolute Gasteiger partial charge is 0.496 e. The molecule has 1 aromatic rings. The molecule has 140 valence electrons. The summed E-state index contributed by atoms with van der Waals surface area (Å²) in [5.41, 5.74) is -0.538. The highest BCUT2D eigenvalue weighted by Crippen LogP contribution is 2.40. The minimum absolute atomic E-state index is 0.0141. The van der Waals surface area contributed by atoms with Gasteiger partial charge in [0, 0.05) is 0 Å². The van der Waals surface area contributed by atoms with Gasteiger partial charge in [-0.2, -0.15) is 0 Å². The van der Waals surface area contributed by atoms with Crippen molar-refractivity contribution in [1.82, 2.24) is 5.32 Å². The van der Waals surface area contributed by atoms with Crippen LogP contribution in [0.2, 0.25) is 0 Å². The highest BCUT2D eigenvalue weighted by Gasteiger charge is 2.52. The number of nitrogens with one attached hydrogen (secondary N) is 1. The molecule has 0 fully saturated rings. The number of hydrogen-bond donors (Lipinski definition) is 5. The number of amides is 1. The van der Waals surface area contributed by atoms with E-state index in [2.05, 4.69) is 25.4 Å². The molecule has 0 aromatic heterocycles. The molecule has 0 aliphatic rings. The molecule has 1 aromatic carbocycles. The molecule has 0 heterocycles. The molecule has 0 saturated heterocycles. The zero-order valence-corrected chi connectivity index (χ0v) is 14.6. The smallest absolute Gasteiger partial charge is 0.414 e. The van der Waals surface area contributed by atoms with Gasteiger partial charge in [0.2, 0.25) is 6.79 Å². The SMILES string of the molecule is COc1cc(C(O)(O)C(O)(O)NC(=O)OCOC=O)c(OC)cc1Br. The van der Waals surface area contributed by atoms with Crippen LogP contribution in [0, 0.1) is 0 Å². The van der Waals surface area contributed by atoms with Crippen LogP contribution < -0.4 is 14.8 Å². The minimum Gasteiger partial charge on any atom is -0.496 e. The summed E-state index contributed by atoms with van der Waals surface area (Å²) in [6.45, 7) is -0.843. The molecule has 0 bridgehead atoms. The zero-order chi connectivity index (χ0) is 19.3. The zero-order valence-electron chi connectivity index (χ0n) is 13.1. The second-order valence-corrected chi connectivity index (χ2v) is 5.32. The number of alkyl carbamates (subject to hydrolysis) is 1. The lowest BCUT2D eigenvalue weighted by Crippen LogP contribution is -2.63. The first-order chi connectivity index (χ1) is 11.6. The Kier molecular flexibility index (Phi) is 6.96. The number of ether oxygens (including phenoxy) is 4. The summed E-state index contributed by atoms with van der Waals surface area (Å²) >= 11 is 3.15. The number of rotatable bonds is 8. The molecule has 0 saturated carbocycles. The van der Waals surface area contributed by atoms with Crippen molar-refractivity contribution in [2.75, 3.05) is 21.0 Å². The molecule has 0 aliphatic carbocycles. The summed E-state index contributed by atoms with van der Waals surface area (Å²) in [7, 11) is 2.49. The third-order valence-electron chi connectivity index (χ3n) is 2.94. The van der Waals surface area contributed by atoms with Crippen LogP contribution in [0.5, 0.6) is 11.5 Å². The second-order valence-electron chi connectivity index (χ2n) is 4.47. The van der Waals surface area contributed by atoms with E-state index >= 15 is 0 Å². The first-order valence-electron chi connectivity index (χ1n) is 6.42. The van der Waals surface area contributed by atoms with Crippen molar-refractivity contribution in [3.05, 3.63) is 22.2 Å². The molecule has 12 heteroatoms. The Hall–Kier alpha value is -2.12. The third kappa shape index (κ3) is 4.70. The Morgan fingerprint density at radius 3 is 2.32 bits per heavy atom. The van der Waals surface area contributed by atoms with Gasteiger partial charge in [0.15, 0.2) is 0 Å².